The number of hydrogen-bond donors (Lipinski definition) is 2. The van der Waals surface area contributed by atoms with Crippen LogP contribution in [0.3, 0.4) is 0 Å². The second-order valence-electron chi connectivity index (χ2n) is 6.33. The highest BCUT2D eigenvalue weighted by Crippen LogP contribution is 2.13. The van der Waals surface area contributed by atoms with Crippen LogP contribution in [0.4, 0.5) is 0 Å². The molecule has 0 bridgehead atoms. The molecule has 0 aromatic heterocycles. The maximum atomic E-state index is 12.3. The van der Waals surface area contributed by atoms with Crippen molar-refractivity contribution in [1.82, 2.24) is 15.5 Å². The molecule has 0 spiro atoms. The third-order valence-electron chi connectivity index (χ3n) is 3.91. The number of nitrogens with zero attached hydrogens (tertiary/aromatic N) is 1. The third-order valence-corrected chi connectivity index (χ3v) is 3.91. The predicted octanol–water partition coefficient (Wildman–Crippen LogP) is 1.14. The standard InChI is InChI=1S/C15H29N3O2/c1-10(2)14(16-12(5)19)15(20)17-13-6-8-18(9-7-13)11(3)4/h10-11,13-14H,6-9H2,1-5H3,(H,16,19)(H,17,20). The molecule has 5 heteroatoms. The molecule has 0 aromatic rings. The lowest BCUT2D eigenvalue weighted by molar-refractivity contribution is -0.129. The Morgan fingerprint density at radius 3 is 2.05 bits per heavy atom. The zero-order valence-electron chi connectivity index (χ0n) is 13.4. The molecular formula is C15H29N3O2. The molecule has 1 rings (SSSR count). The zero-order valence-corrected chi connectivity index (χ0v) is 13.4. The van der Waals surface area contributed by atoms with E-state index in [1.807, 2.05) is 13.8 Å². The predicted molar refractivity (Wildman–Crippen MR) is 80.3 cm³/mol. The van der Waals surface area contributed by atoms with E-state index in [9.17, 15) is 9.59 Å². The van der Waals surface area contributed by atoms with Gasteiger partial charge in [0.2, 0.25) is 11.8 Å². The molecule has 116 valence electrons. The summed E-state index contributed by atoms with van der Waals surface area (Å²) in [5.41, 5.74) is 0. The second-order valence-corrected chi connectivity index (χ2v) is 6.33. The fourth-order valence-electron chi connectivity index (χ4n) is 2.61. The maximum absolute atomic E-state index is 12.3. The van der Waals surface area contributed by atoms with Gasteiger partial charge in [-0.1, -0.05) is 13.8 Å². The average molecular weight is 283 g/mol. The van der Waals surface area contributed by atoms with Gasteiger partial charge in [0.1, 0.15) is 6.04 Å². The topological polar surface area (TPSA) is 61.4 Å². The first-order chi connectivity index (χ1) is 9.31. The Bertz CT molecular complexity index is 334. The summed E-state index contributed by atoms with van der Waals surface area (Å²) in [7, 11) is 0. The lowest BCUT2D eigenvalue weighted by atomic mass is 10.00. The Labute approximate surface area is 122 Å². The van der Waals surface area contributed by atoms with Crippen LogP contribution in [0.15, 0.2) is 0 Å². The Hall–Kier alpha value is -1.10. The Kier molecular flexibility index (Phi) is 6.46. The van der Waals surface area contributed by atoms with Gasteiger partial charge in [0.25, 0.3) is 0 Å². The number of likely N-dealkylation sites (tertiary alicyclic amines) is 1. The molecule has 1 atom stereocenters. The van der Waals surface area contributed by atoms with Gasteiger partial charge in [0.15, 0.2) is 0 Å². The lowest BCUT2D eigenvalue weighted by Gasteiger charge is -2.35. The van der Waals surface area contributed by atoms with Crippen LogP contribution < -0.4 is 10.6 Å². The number of hydrogen-bond acceptors (Lipinski definition) is 3. The van der Waals surface area contributed by atoms with E-state index < -0.39 is 6.04 Å². The minimum Gasteiger partial charge on any atom is -0.351 e. The lowest BCUT2D eigenvalue weighted by Crippen LogP contribution is -2.54. The number of carbonyl (C=O) groups excluding carboxylic acids is 2. The summed E-state index contributed by atoms with van der Waals surface area (Å²) in [5, 5.41) is 5.82. The first kappa shape index (κ1) is 17.0. The maximum Gasteiger partial charge on any atom is 0.243 e. The molecule has 0 aliphatic carbocycles. The van der Waals surface area contributed by atoms with Crippen LogP contribution in [0.5, 0.6) is 0 Å². The van der Waals surface area contributed by atoms with Gasteiger partial charge in [-0.25, -0.2) is 0 Å². The van der Waals surface area contributed by atoms with Gasteiger partial charge in [-0.05, 0) is 32.6 Å². The van der Waals surface area contributed by atoms with E-state index in [1.54, 1.807) is 0 Å². The van der Waals surface area contributed by atoms with Crippen molar-refractivity contribution in [3.8, 4) is 0 Å². The van der Waals surface area contributed by atoms with E-state index >= 15 is 0 Å². The quantitative estimate of drug-likeness (QED) is 0.795. The minimum absolute atomic E-state index is 0.0572. The van der Waals surface area contributed by atoms with Gasteiger partial charge in [-0.15, -0.1) is 0 Å². The highest BCUT2D eigenvalue weighted by Gasteiger charge is 2.27. The van der Waals surface area contributed by atoms with Crippen molar-refractivity contribution in [1.29, 1.82) is 0 Å². The van der Waals surface area contributed by atoms with E-state index in [4.69, 9.17) is 0 Å². The molecule has 0 saturated carbocycles. The van der Waals surface area contributed by atoms with Crippen LogP contribution in [0.1, 0.15) is 47.5 Å². The summed E-state index contributed by atoms with van der Waals surface area (Å²) < 4.78 is 0. The Balaban J connectivity index is 2.47. The summed E-state index contributed by atoms with van der Waals surface area (Å²) in [4.78, 5) is 25.9. The first-order valence-electron chi connectivity index (χ1n) is 7.62. The van der Waals surface area contributed by atoms with Crippen molar-refractivity contribution < 1.29 is 9.59 Å². The van der Waals surface area contributed by atoms with Gasteiger partial charge >= 0.3 is 0 Å². The average Bonchev–Trinajstić information content (AvgIpc) is 2.35. The molecule has 1 heterocycles. The van der Waals surface area contributed by atoms with E-state index in [0.29, 0.717) is 6.04 Å². The van der Waals surface area contributed by atoms with Crippen molar-refractivity contribution >= 4 is 11.8 Å². The van der Waals surface area contributed by atoms with E-state index in [0.717, 1.165) is 25.9 Å². The first-order valence-corrected chi connectivity index (χ1v) is 7.62. The van der Waals surface area contributed by atoms with Crippen molar-refractivity contribution in [3.63, 3.8) is 0 Å². The van der Waals surface area contributed by atoms with Gasteiger partial charge in [0.05, 0.1) is 0 Å². The van der Waals surface area contributed by atoms with Crippen molar-refractivity contribution in [2.24, 2.45) is 5.92 Å². The molecule has 0 aromatic carbocycles. The number of nitrogens with one attached hydrogen (secondary N) is 2. The van der Waals surface area contributed by atoms with Crippen molar-refractivity contribution in [2.75, 3.05) is 13.1 Å². The molecule has 1 aliphatic rings. The SMILES string of the molecule is CC(=O)NC(C(=O)NC1CCN(C(C)C)CC1)C(C)C. The fourth-order valence-corrected chi connectivity index (χ4v) is 2.61. The number of carbonyl (C=O) groups is 2. The van der Waals surface area contributed by atoms with E-state index in [1.165, 1.54) is 6.92 Å². The number of amides is 2. The minimum atomic E-state index is -0.435. The van der Waals surface area contributed by atoms with Crippen LogP contribution >= 0.6 is 0 Å². The van der Waals surface area contributed by atoms with Crippen LogP contribution in [-0.2, 0) is 9.59 Å². The van der Waals surface area contributed by atoms with Crippen LogP contribution in [0.2, 0.25) is 0 Å². The molecule has 1 saturated heterocycles. The smallest absolute Gasteiger partial charge is 0.243 e. The Morgan fingerprint density at radius 2 is 1.65 bits per heavy atom. The van der Waals surface area contributed by atoms with Crippen LogP contribution in [0.25, 0.3) is 0 Å². The molecule has 1 unspecified atom stereocenters. The highest BCUT2D eigenvalue weighted by molar-refractivity contribution is 5.87. The molecule has 5 nitrogen and oxygen atoms in total. The fraction of sp³-hybridized carbons (Fsp3) is 0.867. The van der Waals surface area contributed by atoms with Gasteiger partial charge in [-0.2, -0.15) is 0 Å². The number of piperidine rings is 1. The molecule has 0 radical (unpaired) electrons. The normalized spacial score (nSPS) is 19.1. The molecule has 1 aliphatic heterocycles. The molecular weight excluding hydrogens is 254 g/mol. The molecule has 1 fully saturated rings. The summed E-state index contributed by atoms with van der Waals surface area (Å²) in [6.07, 6.45) is 1.96. The molecule has 2 N–H and O–H groups in total. The van der Waals surface area contributed by atoms with E-state index in [-0.39, 0.29) is 23.8 Å². The second kappa shape index (κ2) is 7.62. The Morgan fingerprint density at radius 1 is 1.10 bits per heavy atom. The monoisotopic (exact) mass is 283 g/mol. The van der Waals surface area contributed by atoms with Gasteiger partial charge in [0, 0.05) is 32.1 Å². The van der Waals surface area contributed by atoms with Crippen LogP contribution in [-0.4, -0.2) is 47.9 Å². The molecule has 20 heavy (non-hydrogen) atoms. The summed E-state index contributed by atoms with van der Waals surface area (Å²) >= 11 is 0. The largest absolute Gasteiger partial charge is 0.351 e. The molecule has 2 amide bonds. The highest BCUT2D eigenvalue weighted by atomic mass is 16.2. The number of rotatable bonds is 5. The van der Waals surface area contributed by atoms with Gasteiger partial charge < -0.3 is 15.5 Å². The summed E-state index contributed by atoms with van der Waals surface area (Å²) in [6, 6.07) is 0.359. The summed E-state index contributed by atoms with van der Waals surface area (Å²) in [5.74, 6) is -0.124. The van der Waals surface area contributed by atoms with Crippen molar-refractivity contribution in [2.45, 2.75) is 65.6 Å². The summed E-state index contributed by atoms with van der Waals surface area (Å²) in [6.45, 7) is 11.8. The van der Waals surface area contributed by atoms with E-state index in [2.05, 4.69) is 29.4 Å². The van der Waals surface area contributed by atoms with Gasteiger partial charge in [-0.3, -0.25) is 9.59 Å². The zero-order chi connectivity index (χ0) is 15.3. The van der Waals surface area contributed by atoms with Crippen LogP contribution in [0, 0.1) is 5.92 Å². The van der Waals surface area contributed by atoms with Crippen molar-refractivity contribution in [3.05, 3.63) is 0 Å². The third kappa shape index (κ3) is 5.12.